The van der Waals surface area contributed by atoms with Crippen molar-refractivity contribution in [1.29, 1.82) is 0 Å². The highest BCUT2D eigenvalue weighted by Crippen LogP contribution is 2.18. The van der Waals surface area contributed by atoms with Gasteiger partial charge in [-0.2, -0.15) is 0 Å². The number of rotatable bonds is 8. The molecule has 0 aliphatic rings. The van der Waals surface area contributed by atoms with Gasteiger partial charge in [0.1, 0.15) is 11.5 Å². The average Bonchev–Trinajstić information content (AvgIpc) is 2.36. The van der Waals surface area contributed by atoms with E-state index in [0.29, 0.717) is 19.0 Å². The van der Waals surface area contributed by atoms with E-state index in [1.807, 2.05) is 31.2 Å². The first-order valence-corrected chi connectivity index (χ1v) is 6.88. The molecular formula is C13H18O4S. The molecular weight excluding hydrogens is 252 g/mol. The van der Waals surface area contributed by atoms with Gasteiger partial charge >= 0.3 is 5.97 Å². The summed E-state index contributed by atoms with van der Waals surface area (Å²) in [5.74, 6) is 1.45. The van der Waals surface area contributed by atoms with Gasteiger partial charge in [-0.3, -0.25) is 4.79 Å². The van der Waals surface area contributed by atoms with E-state index in [4.69, 9.17) is 14.6 Å². The zero-order valence-corrected chi connectivity index (χ0v) is 11.4. The Morgan fingerprint density at radius 3 is 2.33 bits per heavy atom. The quantitative estimate of drug-likeness (QED) is 0.736. The van der Waals surface area contributed by atoms with Crippen molar-refractivity contribution in [2.75, 3.05) is 19.0 Å². The Balaban J connectivity index is 2.25. The molecule has 0 saturated carbocycles. The molecule has 0 aliphatic heterocycles. The molecule has 0 heterocycles. The Bertz CT molecular complexity index is 364. The summed E-state index contributed by atoms with van der Waals surface area (Å²) in [5, 5.41) is 8.31. The van der Waals surface area contributed by atoms with Gasteiger partial charge in [-0.1, -0.05) is 0 Å². The molecule has 1 aromatic rings. The summed E-state index contributed by atoms with van der Waals surface area (Å²) < 4.78 is 10.8. The summed E-state index contributed by atoms with van der Waals surface area (Å²) in [5.41, 5.74) is 0. The van der Waals surface area contributed by atoms with Crippen LogP contribution < -0.4 is 9.47 Å². The van der Waals surface area contributed by atoms with E-state index < -0.39 is 11.2 Å². The van der Waals surface area contributed by atoms with Crippen molar-refractivity contribution < 1.29 is 19.4 Å². The summed E-state index contributed by atoms with van der Waals surface area (Å²) in [7, 11) is 0. The van der Waals surface area contributed by atoms with Crippen LogP contribution >= 0.6 is 11.8 Å². The van der Waals surface area contributed by atoms with Crippen LogP contribution in [0.3, 0.4) is 0 Å². The molecule has 18 heavy (non-hydrogen) atoms. The molecule has 4 nitrogen and oxygen atoms in total. The molecule has 0 radical (unpaired) electrons. The number of carboxylic acid groups (broad SMARTS) is 1. The minimum Gasteiger partial charge on any atom is -0.494 e. The molecule has 1 aromatic carbocycles. The Kier molecular flexibility index (Phi) is 6.43. The molecule has 1 N–H and O–H groups in total. The summed E-state index contributed by atoms with van der Waals surface area (Å²) >= 11 is 1.37. The topological polar surface area (TPSA) is 55.8 Å². The van der Waals surface area contributed by atoms with Gasteiger partial charge in [0.15, 0.2) is 0 Å². The van der Waals surface area contributed by atoms with Gasteiger partial charge in [0.05, 0.1) is 18.5 Å². The molecule has 0 aromatic heterocycles. The SMILES string of the molecule is CCOc1ccc(OCCSC(C)C(=O)O)cc1. The maximum absolute atomic E-state index is 10.6. The van der Waals surface area contributed by atoms with Crippen LogP contribution in [0.4, 0.5) is 0 Å². The molecule has 1 rings (SSSR count). The highest BCUT2D eigenvalue weighted by atomic mass is 32.2. The molecule has 5 heteroatoms. The third-order valence-electron chi connectivity index (χ3n) is 2.20. The highest BCUT2D eigenvalue weighted by molar-refractivity contribution is 8.00. The van der Waals surface area contributed by atoms with E-state index in [0.717, 1.165) is 11.5 Å². The highest BCUT2D eigenvalue weighted by Gasteiger charge is 2.10. The first kappa shape index (κ1) is 14.7. The number of benzene rings is 1. The average molecular weight is 270 g/mol. The van der Waals surface area contributed by atoms with E-state index in [-0.39, 0.29) is 0 Å². The number of aliphatic carboxylic acids is 1. The number of carbonyl (C=O) groups is 1. The van der Waals surface area contributed by atoms with Crippen LogP contribution in [-0.4, -0.2) is 35.3 Å². The summed E-state index contributed by atoms with van der Waals surface area (Å²) in [6, 6.07) is 7.39. The number of thioether (sulfide) groups is 1. The normalized spacial score (nSPS) is 11.9. The standard InChI is InChI=1S/C13H18O4S/c1-3-16-11-4-6-12(7-5-11)17-8-9-18-10(2)13(14)15/h4-7,10H,3,8-9H2,1-2H3,(H,14,15). The Morgan fingerprint density at radius 2 is 1.83 bits per heavy atom. The largest absolute Gasteiger partial charge is 0.494 e. The van der Waals surface area contributed by atoms with E-state index in [1.165, 1.54) is 11.8 Å². The van der Waals surface area contributed by atoms with E-state index >= 15 is 0 Å². The van der Waals surface area contributed by atoms with Gasteiger partial charge in [0.2, 0.25) is 0 Å². The molecule has 1 atom stereocenters. The Hall–Kier alpha value is -1.36. The first-order chi connectivity index (χ1) is 8.63. The smallest absolute Gasteiger partial charge is 0.316 e. The van der Waals surface area contributed by atoms with Gasteiger partial charge in [0.25, 0.3) is 0 Å². The second-order valence-electron chi connectivity index (χ2n) is 3.60. The van der Waals surface area contributed by atoms with Crippen LogP contribution in [-0.2, 0) is 4.79 Å². The van der Waals surface area contributed by atoms with Gasteiger partial charge in [-0.05, 0) is 38.1 Å². The monoisotopic (exact) mass is 270 g/mol. The fraction of sp³-hybridized carbons (Fsp3) is 0.462. The zero-order valence-electron chi connectivity index (χ0n) is 10.6. The van der Waals surface area contributed by atoms with Gasteiger partial charge in [0, 0.05) is 5.75 Å². The number of hydrogen-bond donors (Lipinski definition) is 1. The summed E-state index contributed by atoms with van der Waals surface area (Å²) in [6.07, 6.45) is 0. The zero-order chi connectivity index (χ0) is 13.4. The molecule has 0 bridgehead atoms. The molecule has 0 saturated heterocycles. The third kappa shape index (κ3) is 5.31. The molecule has 0 fully saturated rings. The second-order valence-corrected chi connectivity index (χ2v) is 5.05. The van der Waals surface area contributed by atoms with Crippen molar-refractivity contribution in [3.8, 4) is 11.5 Å². The van der Waals surface area contributed by atoms with Crippen molar-refractivity contribution in [1.82, 2.24) is 0 Å². The molecule has 100 valence electrons. The molecule has 0 spiro atoms. The Labute approximate surface area is 111 Å². The lowest BCUT2D eigenvalue weighted by Gasteiger charge is -2.09. The van der Waals surface area contributed by atoms with Crippen molar-refractivity contribution in [2.24, 2.45) is 0 Å². The van der Waals surface area contributed by atoms with Crippen molar-refractivity contribution in [2.45, 2.75) is 19.1 Å². The lowest BCUT2D eigenvalue weighted by Crippen LogP contribution is -2.13. The van der Waals surface area contributed by atoms with Crippen LogP contribution in [0.2, 0.25) is 0 Å². The van der Waals surface area contributed by atoms with Gasteiger partial charge in [-0.25, -0.2) is 0 Å². The summed E-state index contributed by atoms with van der Waals surface area (Å²) in [4.78, 5) is 10.6. The maximum atomic E-state index is 10.6. The van der Waals surface area contributed by atoms with Gasteiger partial charge in [-0.15, -0.1) is 11.8 Å². The van der Waals surface area contributed by atoms with Gasteiger partial charge < -0.3 is 14.6 Å². The second kappa shape index (κ2) is 7.87. The van der Waals surface area contributed by atoms with Crippen molar-refractivity contribution in [3.05, 3.63) is 24.3 Å². The lowest BCUT2D eigenvalue weighted by molar-refractivity contribution is -0.136. The van der Waals surface area contributed by atoms with Crippen LogP contribution in [0.1, 0.15) is 13.8 Å². The van der Waals surface area contributed by atoms with Crippen molar-refractivity contribution in [3.63, 3.8) is 0 Å². The lowest BCUT2D eigenvalue weighted by atomic mass is 10.3. The van der Waals surface area contributed by atoms with Crippen molar-refractivity contribution >= 4 is 17.7 Å². The number of hydrogen-bond acceptors (Lipinski definition) is 4. The van der Waals surface area contributed by atoms with Crippen LogP contribution in [0.5, 0.6) is 11.5 Å². The van der Waals surface area contributed by atoms with Crippen LogP contribution in [0.25, 0.3) is 0 Å². The number of carboxylic acids is 1. The number of ether oxygens (including phenoxy) is 2. The third-order valence-corrected chi connectivity index (χ3v) is 3.31. The summed E-state index contributed by atoms with van der Waals surface area (Å²) in [6.45, 7) is 4.75. The van der Waals surface area contributed by atoms with E-state index in [2.05, 4.69) is 0 Å². The Morgan fingerprint density at radius 1 is 1.28 bits per heavy atom. The predicted octanol–water partition coefficient (Wildman–Crippen LogP) is 2.67. The first-order valence-electron chi connectivity index (χ1n) is 5.83. The predicted molar refractivity (Wildman–Crippen MR) is 72.7 cm³/mol. The van der Waals surface area contributed by atoms with E-state index in [9.17, 15) is 4.79 Å². The molecule has 0 aliphatic carbocycles. The fourth-order valence-corrected chi connectivity index (χ4v) is 1.93. The molecule has 1 unspecified atom stereocenters. The van der Waals surface area contributed by atoms with E-state index in [1.54, 1.807) is 6.92 Å². The maximum Gasteiger partial charge on any atom is 0.316 e. The van der Waals surface area contributed by atoms with Crippen LogP contribution in [0, 0.1) is 0 Å². The fourth-order valence-electron chi connectivity index (χ4n) is 1.25. The van der Waals surface area contributed by atoms with Crippen LogP contribution in [0.15, 0.2) is 24.3 Å². The minimum absolute atomic E-state index is 0.395. The molecule has 0 amide bonds. The minimum atomic E-state index is -0.791.